The molecular formula is C15H14ClN3S. The van der Waals surface area contributed by atoms with Gasteiger partial charge in [0.25, 0.3) is 0 Å². The lowest BCUT2D eigenvalue weighted by Crippen LogP contribution is -2.05. The lowest BCUT2D eigenvalue weighted by molar-refractivity contribution is 0.771. The molecule has 0 atom stereocenters. The number of pyridine rings is 1. The number of fused-ring (bicyclic) bond motifs is 1. The van der Waals surface area contributed by atoms with Gasteiger partial charge in [0, 0.05) is 11.2 Å². The Morgan fingerprint density at radius 2 is 2.20 bits per heavy atom. The number of aryl methyl sites for hydroxylation is 1. The average molecular weight is 304 g/mol. The summed E-state index contributed by atoms with van der Waals surface area (Å²) in [5.41, 5.74) is 4.31. The zero-order valence-corrected chi connectivity index (χ0v) is 12.6. The maximum Gasteiger partial charge on any atom is 0.178 e. The van der Waals surface area contributed by atoms with Gasteiger partial charge in [-0.25, -0.2) is 0 Å². The molecule has 0 saturated heterocycles. The van der Waals surface area contributed by atoms with Gasteiger partial charge in [0.05, 0.1) is 23.3 Å². The van der Waals surface area contributed by atoms with Gasteiger partial charge in [-0.2, -0.15) is 0 Å². The minimum Gasteiger partial charge on any atom is -0.331 e. The number of hydrogen-bond acceptors (Lipinski definition) is 2. The predicted octanol–water partition coefficient (Wildman–Crippen LogP) is 4.36. The molecule has 3 nitrogen and oxygen atoms in total. The van der Waals surface area contributed by atoms with Crippen LogP contribution < -0.4 is 0 Å². The van der Waals surface area contributed by atoms with Crippen molar-refractivity contribution >= 4 is 34.9 Å². The van der Waals surface area contributed by atoms with Crippen LogP contribution >= 0.6 is 23.8 Å². The van der Waals surface area contributed by atoms with Crippen LogP contribution in [0.4, 0.5) is 0 Å². The normalized spacial score (nSPS) is 11.1. The second kappa shape index (κ2) is 5.38. The molecule has 2 aromatic heterocycles. The number of aromatic nitrogens is 3. The Morgan fingerprint density at radius 1 is 1.35 bits per heavy atom. The third kappa shape index (κ3) is 2.37. The standard InChI is InChI=1S/C15H14ClN3S/c1-2-10-4-3-7-17-13(10)9-19-14-6-5-11(16)8-12(14)18-15(19)20/h3-8H,2,9H2,1H3,(H,18,20). The first-order valence-electron chi connectivity index (χ1n) is 6.50. The van der Waals surface area contributed by atoms with Crippen LogP contribution in [-0.4, -0.2) is 14.5 Å². The lowest BCUT2D eigenvalue weighted by Gasteiger charge is -2.08. The van der Waals surface area contributed by atoms with Crippen molar-refractivity contribution in [2.75, 3.05) is 0 Å². The fourth-order valence-electron chi connectivity index (χ4n) is 2.38. The summed E-state index contributed by atoms with van der Waals surface area (Å²) in [7, 11) is 0. The molecule has 0 aliphatic heterocycles. The van der Waals surface area contributed by atoms with E-state index in [2.05, 4.69) is 27.5 Å². The molecular weight excluding hydrogens is 290 g/mol. The van der Waals surface area contributed by atoms with E-state index in [-0.39, 0.29) is 0 Å². The van der Waals surface area contributed by atoms with E-state index in [1.807, 2.05) is 30.5 Å². The first kappa shape index (κ1) is 13.3. The van der Waals surface area contributed by atoms with E-state index in [1.54, 1.807) is 0 Å². The minimum atomic E-state index is 0.671. The lowest BCUT2D eigenvalue weighted by atomic mass is 10.1. The van der Waals surface area contributed by atoms with Crippen molar-refractivity contribution in [3.8, 4) is 0 Å². The highest BCUT2D eigenvalue weighted by atomic mass is 35.5. The molecule has 1 N–H and O–H groups in total. The Hall–Kier alpha value is -1.65. The number of imidazole rings is 1. The molecule has 0 amide bonds. The number of rotatable bonds is 3. The van der Waals surface area contributed by atoms with E-state index < -0.39 is 0 Å². The molecule has 0 radical (unpaired) electrons. The van der Waals surface area contributed by atoms with E-state index in [4.69, 9.17) is 23.8 Å². The summed E-state index contributed by atoms with van der Waals surface area (Å²) in [5, 5.41) is 0.702. The highest BCUT2D eigenvalue weighted by Crippen LogP contribution is 2.20. The van der Waals surface area contributed by atoms with Crippen molar-refractivity contribution in [1.82, 2.24) is 14.5 Å². The SMILES string of the molecule is CCc1cccnc1Cn1c(=S)[nH]c2cc(Cl)ccc21. The van der Waals surface area contributed by atoms with Crippen LogP contribution in [-0.2, 0) is 13.0 Å². The summed E-state index contributed by atoms with van der Waals surface area (Å²) in [5.74, 6) is 0. The molecule has 2 heterocycles. The van der Waals surface area contributed by atoms with Crippen molar-refractivity contribution in [1.29, 1.82) is 0 Å². The summed E-state index contributed by atoms with van der Waals surface area (Å²) in [6.07, 6.45) is 2.79. The van der Waals surface area contributed by atoms with E-state index in [0.717, 1.165) is 23.1 Å². The maximum absolute atomic E-state index is 6.01. The van der Waals surface area contributed by atoms with Crippen molar-refractivity contribution < 1.29 is 0 Å². The summed E-state index contributed by atoms with van der Waals surface area (Å²) < 4.78 is 2.75. The van der Waals surface area contributed by atoms with E-state index >= 15 is 0 Å². The molecule has 5 heteroatoms. The Balaban J connectivity index is 2.11. The van der Waals surface area contributed by atoms with Crippen LogP contribution in [0.2, 0.25) is 5.02 Å². The van der Waals surface area contributed by atoms with Crippen molar-refractivity contribution in [2.24, 2.45) is 0 Å². The van der Waals surface area contributed by atoms with Crippen molar-refractivity contribution in [2.45, 2.75) is 19.9 Å². The Bertz CT molecular complexity index is 819. The van der Waals surface area contributed by atoms with Gasteiger partial charge in [-0.3, -0.25) is 4.98 Å². The van der Waals surface area contributed by atoms with Gasteiger partial charge in [0.15, 0.2) is 4.77 Å². The second-order valence-corrected chi connectivity index (χ2v) is 5.46. The van der Waals surface area contributed by atoms with Crippen LogP contribution in [0.3, 0.4) is 0 Å². The molecule has 102 valence electrons. The van der Waals surface area contributed by atoms with Gasteiger partial charge >= 0.3 is 0 Å². The summed E-state index contributed by atoms with van der Waals surface area (Å²) in [4.78, 5) is 7.67. The van der Waals surface area contributed by atoms with Crippen LogP contribution in [0, 0.1) is 4.77 Å². The second-order valence-electron chi connectivity index (χ2n) is 4.64. The van der Waals surface area contributed by atoms with Crippen molar-refractivity contribution in [3.05, 3.63) is 57.6 Å². The molecule has 3 rings (SSSR count). The summed E-state index contributed by atoms with van der Waals surface area (Å²) in [6, 6.07) is 9.83. The molecule has 0 unspecified atom stereocenters. The quantitative estimate of drug-likeness (QED) is 0.729. The Kier molecular flexibility index (Phi) is 3.59. The molecule has 0 aliphatic rings. The van der Waals surface area contributed by atoms with E-state index in [0.29, 0.717) is 16.3 Å². The van der Waals surface area contributed by atoms with Gasteiger partial charge in [0.2, 0.25) is 0 Å². The Morgan fingerprint density at radius 3 is 3.00 bits per heavy atom. The topological polar surface area (TPSA) is 33.6 Å². The van der Waals surface area contributed by atoms with Crippen LogP contribution in [0.5, 0.6) is 0 Å². The number of nitrogens with one attached hydrogen (secondary N) is 1. The molecule has 3 aromatic rings. The van der Waals surface area contributed by atoms with E-state index in [9.17, 15) is 0 Å². The average Bonchev–Trinajstić information content (AvgIpc) is 2.75. The fraction of sp³-hybridized carbons (Fsp3) is 0.200. The monoisotopic (exact) mass is 303 g/mol. The molecule has 0 saturated carbocycles. The number of halogens is 1. The molecule has 1 aromatic carbocycles. The largest absolute Gasteiger partial charge is 0.331 e. The van der Waals surface area contributed by atoms with Crippen LogP contribution in [0.1, 0.15) is 18.2 Å². The van der Waals surface area contributed by atoms with Crippen LogP contribution in [0.25, 0.3) is 11.0 Å². The number of H-pyrrole nitrogens is 1. The van der Waals surface area contributed by atoms with Gasteiger partial charge in [0.1, 0.15) is 0 Å². The zero-order valence-electron chi connectivity index (χ0n) is 11.1. The third-order valence-electron chi connectivity index (χ3n) is 3.41. The molecule has 20 heavy (non-hydrogen) atoms. The smallest absolute Gasteiger partial charge is 0.178 e. The number of benzene rings is 1. The molecule has 0 bridgehead atoms. The Labute approximate surface area is 127 Å². The number of nitrogens with zero attached hydrogens (tertiary/aromatic N) is 2. The minimum absolute atomic E-state index is 0.671. The summed E-state index contributed by atoms with van der Waals surface area (Å²) >= 11 is 11.4. The van der Waals surface area contributed by atoms with E-state index in [1.165, 1.54) is 5.56 Å². The molecule has 0 spiro atoms. The molecule has 0 aliphatic carbocycles. The van der Waals surface area contributed by atoms with Gasteiger partial charge in [-0.1, -0.05) is 24.6 Å². The highest BCUT2D eigenvalue weighted by Gasteiger charge is 2.08. The van der Waals surface area contributed by atoms with Gasteiger partial charge < -0.3 is 9.55 Å². The zero-order chi connectivity index (χ0) is 14.1. The predicted molar refractivity (Wildman–Crippen MR) is 84.8 cm³/mol. The van der Waals surface area contributed by atoms with Crippen molar-refractivity contribution in [3.63, 3.8) is 0 Å². The summed E-state index contributed by atoms with van der Waals surface area (Å²) in [6.45, 7) is 2.80. The van der Waals surface area contributed by atoms with Crippen LogP contribution in [0.15, 0.2) is 36.5 Å². The fourth-order valence-corrected chi connectivity index (χ4v) is 2.82. The van der Waals surface area contributed by atoms with Gasteiger partial charge in [-0.15, -0.1) is 0 Å². The third-order valence-corrected chi connectivity index (χ3v) is 3.97. The maximum atomic E-state index is 6.01. The first-order chi connectivity index (χ1) is 9.69. The van der Waals surface area contributed by atoms with Gasteiger partial charge in [-0.05, 0) is 48.5 Å². The molecule has 0 fully saturated rings. The number of hydrogen-bond donors (Lipinski definition) is 1. The number of aromatic amines is 1. The highest BCUT2D eigenvalue weighted by molar-refractivity contribution is 7.71. The first-order valence-corrected chi connectivity index (χ1v) is 7.28.